The number of rotatable bonds is 7. The number of hydrogen-bond acceptors (Lipinski definition) is 6. The minimum Gasteiger partial charge on any atom is -0.486 e. The molecule has 1 aliphatic rings. The number of fused-ring (bicyclic) bond motifs is 1. The Bertz CT molecular complexity index is 1010. The van der Waals surface area contributed by atoms with Crippen molar-refractivity contribution >= 4 is 17.4 Å². The molecule has 4 rings (SSSR count). The maximum Gasteiger partial charge on any atom is 0.263 e. The third-order valence-electron chi connectivity index (χ3n) is 5.44. The van der Waals surface area contributed by atoms with E-state index in [-0.39, 0.29) is 12.0 Å². The molecule has 1 unspecified atom stereocenters. The quantitative estimate of drug-likeness (QED) is 0.636. The van der Waals surface area contributed by atoms with E-state index in [1.165, 1.54) is 6.33 Å². The summed E-state index contributed by atoms with van der Waals surface area (Å²) < 4.78 is 6.30. The molecule has 0 fully saturated rings. The molecular weight excluding hydrogens is 390 g/mol. The molecule has 31 heavy (non-hydrogen) atoms. The number of carbonyl (C=O) groups excluding carboxylic acids is 1. The zero-order valence-electron chi connectivity index (χ0n) is 17.9. The number of benzene rings is 2. The van der Waals surface area contributed by atoms with Crippen LogP contribution >= 0.6 is 0 Å². The van der Waals surface area contributed by atoms with Gasteiger partial charge in [-0.25, -0.2) is 9.97 Å². The van der Waals surface area contributed by atoms with Crippen LogP contribution in [0.1, 0.15) is 28.4 Å². The van der Waals surface area contributed by atoms with Crippen molar-refractivity contribution in [2.75, 3.05) is 43.5 Å². The van der Waals surface area contributed by atoms with Crippen molar-refractivity contribution in [1.29, 1.82) is 0 Å². The predicted molar refractivity (Wildman–Crippen MR) is 122 cm³/mol. The highest BCUT2D eigenvalue weighted by molar-refractivity contribution is 6.09. The Morgan fingerprint density at radius 1 is 1.10 bits per heavy atom. The summed E-state index contributed by atoms with van der Waals surface area (Å²) in [7, 11) is 3.88. The first-order valence-electron chi connectivity index (χ1n) is 10.5. The molecule has 0 saturated heterocycles. The van der Waals surface area contributed by atoms with E-state index in [2.05, 4.69) is 27.4 Å². The van der Waals surface area contributed by atoms with Gasteiger partial charge in [-0.2, -0.15) is 0 Å². The summed E-state index contributed by atoms with van der Waals surface area (Å²) in [6.07, 6.45) is 3.87. The van der Waals surface area contributed by atoms with E-state index >= 15 is 0 Å². The van der Waals surface area contributed by atoms with Gasteiger partial charge in [0, 0.05) is 38.4 Å². The minimum absolute atomic E-state index is 0.0445. The SMILES string of the molecule is CNCCC(Oc1ccc(N2CCN(C)c3ncncc3C2=O)cc1)c1ccccc1. The van der Waals surface area contributed by atoms with Crippen LogP contribution in [0, 0.1) is 0 Å². The fourth-order valence-corrected chi connectivity index (χ4v) is 3.73. The summed E-state index contributed by atoms with van der Waals surface area (Å²) in [6, 6.07) is 17.9. The number of amides is 1. The highest BCUT2D eigenvalue weighted by atomic mass is 16.5. The van der Waals surface area contributed by atoms with E-state index in [0.717, 1.165) is 30.0 Å². The summed E-state index contributed by atoms with van der Waals surface area (Å²) in [4.78, 5) is 25.2. The Morgan fingerprint density at radius 2 is 1.87 bits per heavy atom. The number of likely N-dealkylation sites (N-methyl/N-ethyl adjacent to an activating group) is 1. The second-order valence-electron chi connectivity index (χ2n) is 7.54. The normalized spacial score (nSPS) is 14.7. The van der Waals surface area contributed by atoms with Crippen molar-refractivity contribution in [3.8, 4) is 5.75 Å². The molecule has 0 bridgehead atoms. The van der Waals surface area contributed by atoms with Crippen molar-refractivity contribution < 1.29 is 9.53 Å². The lowest BCUT2D eigenvalue weighted by molar-refractivity contribution is 0.0989. The lowest BCUT2D eigenvalue weighted by Gasteiger charge is -2.23. The highest BCUT2D eigenvalue weighted by Gasteiger charge is 2.27. The average molecular weight is 418 g/mol. The van der Waals surface area contributed by atoms with Gasteiger partial charge in [0.25, 0.3) is 5.91 Å². The van der Waals surface area contributed by atoms with Crippen molar-refractivity contribution in [2.45, 2.75) is 12.5 Å². The van der Waals surface area contributed by atoms with E-state index in [0.29, 0.717) is 24.5 Å². The van der Waals surface area contributed by atoms with E-state index < -0.39 is 0 Å². The second kappa shape index (κ2) is 9.57. The predicted octanol–water partition coefficient (Wildman–Crippen LogP) is 3.30. The first kappa shape index (κ1) is 20.8. The van der Waals surface area contributed by atoms with E-state index in [4.69, 9.17) is 4.74 Å². The Kier molecular flexibility index (Phi) is 6.43. The summed E-state index contributed by atoms with van der Waals surface area (Å²) in [5, 5.41) is 3.19. The van der Waals surface area contributed by atoms with Gasteiger partial charge in [0.1, 0.15) is 29.6 Å². The zero-order valence-corrected chi connectivity index (χ0v) is 17.9. The van der Waals surface area contributed by atoms with Crippen molar-refractivity contribution in [1.82, 2.24) is 15.3 Å². The number of ether oxygens (including phenoxy) is 1. The molecule has 160 valence electrons. The molecule has 3 aromatic rings. The standard InChI is InChI=1S/C24H27N5O2/c1-25-13-12-22(18-6-4-3-5-7-18)31-20-10-8-19(9-11-20)29-15-14-28(2)23-21(24(29)30)16-26-17-27-23/h3-11,16-17,22,25H,12-15H2,1-2H3. The number of aromatic nitrogens is 2. The average Bonchev–Trinajstić information content (AvgIpc) is 2.94. The molecule has 2 heterocycles. The van der Waals surface area contributed by atoms with Crippen LogP contribution in [0.4, 0.5) is 11.5 Å². The molecule has 0 aliphatic carbocycles. The largest absolute Gasteiger partial charge is 0.486 e. The van der Waals surface area contributed by atoms with Crippen molar-refractivity contribution in [2.24, 2.45) is 0 Å². The third kappa shape index (κ3) is 4.67. The molecular formula is C24H27N5O2. The van der Waals surface area contributed by atoms with Crippen LogP contribution in [0.2, 0.25) is 0 Å². The summed E-state index contributed by atoms with van der Waals surface area (Å²) in [5.41, 5.74) is 2.48. The van der Waals surface area contributed by atoms with Gasteiger partial charge in [-0.05, 0) is 43.4 Å². The summed E-state index contributed by atoms with van der Waals surface area (Å²) >= 11 is 0. The first-order chi connectivity index (χ1) is 15.2. The van der Waals surface area contributed by atoms with Gasteiger partial charge >= 0.3 is 0 Å². The Labute approximate surface area is 182 Å². The second-order valence-corrected chi connectivity index (χ2v) is 7.54. The Hall–Kier alpha value is -3.45. The summed E-state index contributed by atoms with van der Waals surface area (Å²) in [5.74, 6) is 1.35. The van der Waals surface area contributed by atoms with E-state index in [1.807, 2.05) is 61.5 Å². The minimum atomic E-state index is -0.0928. The van der Waals surface area contributed by atoms with Crippen molar-refractivity contribution in [3.63, 3.8) is 0 Å². The fraction of sp³-hybridized carbons (Fsp3) is 0.292. The van der Waals surface area contributed by atoms with Gasteiger partial charge < -0.3 is 19.9 Å². The molecule has 0 saturated carbocycles. The van der Waals surface area contributed by atoms with Crippen molar-refractivity contribution in [3.05, 3.63) is 78.2 Å². The number of carbonyl (C=O) groups is 1. The first-order valence-corrected chi connectivity index (χ1v) is 10.5. The number of nitrogens with one attached hydrogen (secondary N) is 1. The third-order valence-corrected chi connectivity index (χ3v) is 5.44. The van der Waals surface area contributed by atoms with Crippen LogP contribution in [0.25, 0.3) is 0 Å². The maximum absolute atomic E-state index is 13.1. The van der Waals surface area contributed by atoms with Gasteiger partial charge in [-0.15, -0.1) is 0 Å². The molecule has 1 aliphatic heterocycles. The van der Waals surface area contributed by atoms with E-state index in [9.17, 15) is 4.79 Å². The molecule has 7 heteroatoms. The van der Waals surface area contributed by atoms with Gasteiger partial charge in [0.2, 0.25) is 0 Å². The molecule has 2 aromatic carbocycles. The van der Waals surface area contributed by atoms with Gasteiger partial charge in [0.05, 0.1) is 0 Å². The molecule has 0 radical (unpaired) electrons. The number of hydrogen-bond donors (Lipinski definition) is 1. The Morgan fingerprint density at radius 3 is 2.61 bits per heavy atom. The topological polar surface area (TPSA) is 70.6 Å². The maximum atomic E-state index is 13.1. The van der Waals surface area contributed by atoms with Crippen LogP contribution in [-0.2, 0) is 0 Å². The molecule has 1 aromatic heterocycles. The molecule has 1 atom stereocenters. The number of nitrogens with zero attached hydrogens (tertiary/aromatic N) is 4. The van der Waals surface area contributed by atoms with Gasteiger partial charge in [0.15, 0.2) is 0 Å². The van der Waals surface area contributed by atoms with Gasteiger partial charge in [-0.1, -0.05) is 30.3 Å². The van der Waals surface area contributed by atoms with Gasteiger partial charge in [-0.3, -0.25) is 4.79 Å². The molecule has 0 spiro atoms. The molecule has 7 nitrogen and oxygen atoms in total. The Balaban J connectivity index is 1.53. The lowest BCUT2D eigenvalue weighted by Crippen LogP contribution is -2.33. The van der Waals surface area contributed by atoms with Crippen LogP contribution in [0.15, 0.2) is 67.1 Å². The number of anilines is 2. The van der Waals surface area contributed by atoms with Crippen LogP contribution in [0.5, 0.6) is 5.75 Å². The smallest absolute Gasteiger partial charge is 0.263 e. The van der Waals surface area contributed by atoms with Crippen LogP contribution in [-0.4, -0.2) is 49.6 Å². The zero-order chi connectivity index (χ0) is 21.6. The van der Waals surface area contributed by atoms with Crippen LogP contribution in [0.3, 0.4) is 0 Å². The highest BCUT2D eigenvalue weighted by Crippen LogP contribution is 2.29. The summed E-state index contributed by atoms with van der Waals surface area (Å²) in [6.45, 7) is 2.11. The fourth-order valence-electron chi connectivity index (χ4n) is 3.73. The molecule has 1 amide bonds. The van der Waals surface area contributed by atoms with Crippen LogP contribution < -0.4 is 19.9 Å². The lowest BCUT2D eigenvalue weighted by atomic mass is 10.1. The molecule has 1 N–H and O–H groups in total. The van der Waals surface area contributed by atoms with E-state index in [1.54, 1.807) is 11.1 Å². The monoisotopic (exact) mass is 417 g/mol.